The molecule has 0 spiro atoms. The van der Waals surface area contributed by atoms with Gasteiger partial charge in [0.15, 0.2) is 0 Å². The van der Waals surface area contributed by atoms with Gasteiger partial charge < -0.3 is 11.1 Å². The van der Waals surface area contributed by atoms with Crippen molar-refractivity contribution in [2.75, 3.05) is 6.54 Å². The Morgan fingerprint density at radius 3 is 2.83 bits per heavy atom. The van der Waals surface area contributed by atoms with Crippen LogP contribution in [0.5, 0.6) is 0 Å². The number of nitrogens with zero attached hydrogens (tertiary/aromatic N) is 2. The third-order valence-electron chi connectivity index (χ3n) is 3.64. The summed E-state index contributed by atoms with van der Waals surface area (Å²) in [5.41, 5.74) is 6.85. The molecule has 0 fully saturated rings. The number of hydrogen-bond acceptors (Lipinski definition) is 3. The van der Waals surface area contributed by atoms with E-state index in [1.54, 1.807) is 17.1 Å². The molecular weight excluding hydrogens is 356 g/mol. The zero-order valence-electron chi connectivity index (χ0n) is 13.7. The average molecular weight is 379 g/mol. The zero-order valence-corrected chi connectivity index (χ0v) is 15.3. The van der Waals surface area contributed by atoms with Crippen LogP contribution in [0.4, 0.5) is 0 Å². The number of nitrogens with one attached hydrogen (secondary N) is 1. The molecule has 1 aromatic heterocycles. The van der Waals surface area contributed by atoms with Crippen LogP contribution >= 0.6 is 15.9 Å². The van der Waals surface area contributed by atoms with E-state index in [9.17, 15) is 4.79 Å². The Bertz CT molecular complexity index is 683. The molecule has 0 aliphatic heterocycles. The van der Waals surface area contributed by atoms with E-state index in [1.807, 2.05) is 31.2 Å². The molecule has 2 rings (SSSR count). The Balaban J connectivity index is 2.15. The maximum Gasteiger partial charge on any atom is 0.254 e. The quantitative estimate of drug-likeness (QED) is 0.810. The van der Waals surface area contributed by atoms with Crippen molar-refractivity contribution in [3.05, 3.63) is 46.7 Å². The first-order chi connectivity index (χ1) is 10.8. The average Bonchev–Trinajstić information content (AvgIpc) is 2.96. The second-order valence-electron chi connectivity index (χ2n) is 6.47. The summed E-state index contributed by atoms with van der Waals surface area (Å²) in [6.07, 6.45) is 4.13. The van der Waals surface area contributed by atoms with Gasteiger partial charge in [0.25, 0.3) is 5.91 Å². The molecule has 23 heavy (non-hydrogen) atoms. The number of hydrogen-bond donors (Lipinski definition) is 2. The molecular formula is C17H23BrN4O. The van der Waals surface area contributed by atoms with Gasteiger partial charge in [-0.2, -0.15) is 5.10 Å². The van der Waals surface area contributed by atoms with Crippen LogP contribution < -0.4 is 11.1 Å². The van der Waals surface area contributed by atoms with Crippen molar-refractivity contribution in [2.45, 2.75) is 32.7 Å². The predicted molar refractivity (Wildman–Crippen MR) is 95.6 cm³/mol. The molecule has 5 nitrogen and oxygen atoms in total. The number of amides is 1. The summed E-state index contributed by atoms with van der Waals surface area (Å²) in [5.74, 6) is 0.299. The molecule has 1 atom stereocenters. The second-order valence-corrected chi connectivity index (χ2v) is 7.39. The summed E-state index contributed by atoms with van der Waals surface area (Å²) in [5, 5.41) is 7.31. The van der Waals surface area contributed by atoms with Crippen molar-refractivity contribution >= 4 is 21.8 Å². The zero-order chi connectivity index (χ0) is 17.0. The second kappa shape index (κ2) is 7.27. The number of rotatable bonds is 6. The number of benzene rings is 1. The molecule has 3 N–H and O–H groups in total. The first-order valence-corrected chi connectivity index (χ1v) is 8.45. The fourth-order valence-corrected chi connectivity index (χ4v) is 3.02. The lowest BCUT2D eigenvalue weighted by Gasteiger charge is -2.31. The van der Waals surface area contributed by atoms with Gasteiger partial charge in [0.2, 0.25) is 0 Å². The topological polar surface area (TPSA) is 72.9 Å². The molecule has 0 radical (unpaired) electrons. The van der Waals surface area contributed by atoms with Gasteiger partial charge in [-0.3, -0.25) is 4.79 Å². The highest BCUT2D eigenvalue weighted by Gasteiger charge is 2.26. The highest BCUT2D eigenvalue weighted by Crippen LogP contribution is 2.18. The first-order valence-electron chi connectivity index (χ1n) is 7.66. The van der Waals surface area contributed by atoms with Gasteiger partial charge >= 0.3 is 0 Å². The lowest BCUT2D eigenvalue weighted by Crippen LogP contribution is -2.52. The van der Waals surface area contributed by atoms with E-state index in [0.29, 0.717) is 18.0 Å². The van der Waals surface area contributed by atoms with Crippen molar-refractivity contribution < 1.29 is 4.79 Å². The summed E-state index contributed by atoms with van der Waals surface area (Å²) in [4.78, 5) is 12.5. The molecule has 0 saturated carbocycles. The summed E-state index contributed by atoms with van der Waals surface area (Å²) in [6.45, 7) is 6.61. The Hall–Kier alpha value is -1.66. The van der Waals surface area contributed by atoms with Crippen LogP contribution in [0.25, 0.3) is 5.69 Å². The minimum absolute atomic E-state index is 0.153. The minimum atomic E-state index is -0.414. The Morgan fingerprint density at radius 1 is 1.48 bits per heavy atom. The standard InChI is InChI=1S/C17H23BrN4O/c1-12(2)8-17(3,11-19)21-16(23)13-9-20-22(10-13)15-6-4-5-14(18)7-15/h4-7,9-10,12H,8,11,19H2,1-3H3,(H,21,23). The van der Waals surface area contributed by atoms with Gasteiger partial charge in [-0.15, -0.1) is 0 Å². The van der Waals surface area contributed by atoms with Crippen LogP contribution in [0.3, 0.4) is 0 Å². The summed E-state index contributed by atoms with van der Waals surface area (Å²) < 4.78 is 2.64. The Labute approximate surface area is 145 Å². The lowest BCUT2D eigenvalue weighted by molar-refractivity contribution is 0.0898. The van der Waals surface area contributed by atoms with Crippen LogP contribution in [-0.4, -0.2) is 27.8 Å². The molecule has 1 heterocycles. The summed E-state index contributed by atoms with van der Waals surface area (Å²) in [6, 6.07) is 7.74. The highest BCUT2D eigenvalue weighted by molar-refractivity contribution is 9.10. The van der Waals surface area contributed by atoms with E-state index in [0.717, 1.165) is 16.6 Å². The number of aromatic nitrogens is 2. The SMILES string of the molecule is CC(C)CC(C)(CN)NC(=O)c1cnn(-c2cccc(Br)c2)c1. The molecule has 0 aliphatic rings. The normalized spacial score (nSPS) is 13.8. The van der Waals surface area contributed by atoms with E-state index in [-0.39, 0.29) is 5.91 Å². The van der Waals surface area contributed by atoms with Gasteiger partial charge in [0.05, 0.1) is 17.4 Å². The predicted octanol–water partition coefficient (Wildman–Crippen LogP) is 3.13. The smallest absolute Gasteiger partial charge is 0.254 e. The van der Waals surface area contributed by atoms with Crippen molar-refractivity contribution in [2.24, 2.45) is 11.7 Å². The van der Waals surface area contributed by atoms with Crippen LogP contribution in [-0.2, 0) is 0 Å². The van der Waals surface area contributed by atoms with Crippen molar-refractivity contribution in [3.8, 4) is 5.69 Å². The summed E-state index contributed by atoms with van der Waals surface area (Å²) >= 11 is 3.43. The van der Waals surface area contributed by atoms with Gasteiger partial charge in [-0.25, -0.2) is 4.68 Å². The Kier molecular flexibility index (Phi) is 5.59. The monoisotopic (exact) mass is 378 g/mol. The molecule has 2 aromatic rings. The third-order valence-corrected chi connectivity index (χ3v) is 4.14. The largest absolute Gasteiger partial charge is 0.346 e. The fraction of sp³-hybridized carbons (Fsp3) is 0.412. The van der Waals surface area contributed by atoms with E-state index in [1.165, 1.54) is 0 Å². The molecule has 1 unspecified atom stereocenters. The van der Waals surface area contributed by atoms with E-state index in [4.69, 9.17) is 5.73 Å². The lowest BCUT2D eigenvalue weighted by atomic mass is 9.90. The molecule has 6 heteroatoms. The number of nitrogens with two attached hydrogens (primary N) is 1. The molecule has 124 valence electrons. The van der Waals surface area contributed by atoms with Gasteiger partial charge in [0.1, 0.15) is 0 Å². The third kappa shape index (κ3) is 4.65. The molecule has 1 aromatic carbocycles. The van der Waals surface area contributed by atoms with Crippen LogP contribution in [0.2, 0.25) is 0 Å². The van der Waals surface area contributed by atoms with Gasteiger partial charge in [0, 0.05) is 22.8 Å². The minimum Gasteiger partial charge on any atom is -0.346 e. The maximum atomic E-state index is 12.5. The first kappa shape index (κ1) is 17.7. The Morgan fingerprint density at radius 2 is 2.22 bits per heavy atom. The highest BCUT2D eigenvalue weighted by atomic mass is 79.9. The van der Waals surface area contributed by atoms with E-state index in [2.05, 4.69) is 40.2 Å². The molecule has 0 bridgehead atoms. The van der Waals surface area contributed by atoms with E-state index < -0.39 is 5.54 Å². The molecule has 1 amide bonds. The van der Waals surface area contributed by atoms with Gasteiger partial charge in [-0.1, -0.05) is 35.8 Å². The number of carbonyl (C=O) groups excluding carboxylic acids is 1. The maximum absolute atomic E-state index is 12.5. The fourth-order valence-electron chi connectivity index (χ4n) is 2.63. The van der Waals surface area contributed by atoms with Crippen LogP contribution in [0.15, 0.2) is 41.1 Å². The van der Waals surface area contributed by atoms with Crippen LogP contribution in [0.1, 0.15) is 37.6 Å². The number of carbonyl (C=O) groups is 1. The summed E-state index contributed by atoms with van der Waals surface area (Å²) in [7, 11) is 0. The van der Waals surface area contributed by atoms with Crippen molar-refractivity contribution in [1.82, 2.24) is 15.1 Å². The van der Waals surface area contributed by atoms with Crippen LogP contribution in [0, 0.1) is 5.92 Å². The van der Waals surface area contributed by atoms with E-state index >= 15 is 0 Å². The van der Waals surface area contributed by atoms with Crippen molar-refractivity contribution in [1.29, 1.82) is 0 Å². The van der Waals surface area contributed by atoms with Gasteiger partial charge in [-0.05, 0) is 37.5 Å². The number of halogens is 1. The molecule has 0 saturated heterocycles. The van der Waals surface area contributed by atoms with Crippen molar-refractivity contribution in [3.63, 3.8) is 0 Å². The molecule has 0 aliphatic carbocycles.